The number of nitrogens with zero attached hydrogens (tertiary/aromatic N) is 4. The summed E-state index contributed by atoms with van der Waals surface area (Å²) < 4.78 is 60.6. The van der Waals surface area contributed by atoms with Gasteiger partial charge in [0, 0.05) is 43.3 Å². The molecule has 1 aromatic carbocycles. The number of nitrogens with one attached hydrogen (secondary N) is 1. The number of rotatable bonds is 4. The molecule has 0 aliphatic carbocycles. The molecule has 12 heteroatoms. The van der Waals surface area contributed by atoms with Crippen LogP contribution in [0.4, 0.5) is 23.4 Å². The minimum atomic E-state index is -4.35. The van der Waals surface area contributed by atoms with Gasteiger partial charge in [0.2, 0.25) is 0 Å². The fourth-order valence-corrected chi connectivity index (χ4v) is 5.97. The van der Waals surface area contributed by atoms with Crippen molar-refractivity contribution in [1.82, 2.24) is 20.1 Å². The number of alkyl halides is 3. The number of carbonyl (C=O) groups is 1. The van der Waals surface area contributed by atoms with Gasteiger partial charge in [-0.05, 0) is 39.4 Å². The first-order valence-electron chi connectivity index (χ1n) is 12.5. The monoisotopic (exact) mass is 555 g/mol. The first-order valence-corrected chi connectivity index (χ1v) is 12.9. The van der Waals surface area contributed by atoms with Crippen LogP contribution in [0.25, 0.3) is 11.3 Å². The van der Waals surface area contributed by atoms with Gasteiger partial charge in [0.1, 0.15) is 28.8 Å². The Labute approximate surface area is 223 Å². The van der Waals surface area contributed by atoms with Gasteiger partial charge in [0.05, 0.1) is 18.3 Å². The Kier molecular flexibility index (Phi) is 6.98. The van der Waals surface area contributed by atoms with Crippen molar-refractivity contribution in [2.45, 2.75) is 44.1 Å². The molecule has 7 nitrogen and oxygen atoms in total. The van der Waals surface area contributed by atoms with Gasteiger partial charge >= 0.3 is 6.18 Å². The lowest BCUT2D eigenvalue weighted by Crippen LogP contribution is -2.55. The van der Waals surface area contributed by atoms with Crippen LogP contribution in [-0.4, -0.2) is 90.9 Å². The molecule has 3 aliphatic rings. The minimum absolute atomic E-state index is 0.0257. The molecule has 0 bridgehead atoms. The molecular formula is C26H30ClF4N5O2. The highest BCUT2D eigenvalue weighted by Gasteiger charge is 2.46. The van der Waals surface area contributed by atoms with Crippen molar-refractivity contribution >= 4 is 23.3 Å². The molecule has 1 amide bonds. The van der Waals surface area contributed by atoms with E-state index in [1.54, 1.807) is 23.1 Å². The zero-order chi connectivity index (χ0) is 27.4. The van der Waals surface area contributed by atoms with Crippen molar-refractivity contribution in [3.05, 3.63) is 40.7 Å². The number of amides is 1. The SMILES string of the molecule is CN(CC(F)(F)F)C1CN(c2nc(-c3ccccc3F)c(Cl)c3c2C(=O)N2CCNCC2CO3)C(C)(C)C1. The molecule has 3 aliphatic heterocycles. The molecule has 2 saturated heterocycles. The van der Waals surface area contributed by atoms with E-state index in [2.05, 4.69) is 5.32 Å². The van der Waals surface area contributed by atoms with Crippen LogP contribution in [0.1, 0.15) is 30.6 Å². The van der Waals surface area contributed by atoms with E-state index in [9.17, 15) is 22.4 Å². The largest absolute Gasteiger partial charge is 0.489 e. The summed E-state index contributed by atoms with van der Waals surface area (Å²) in [4.78, 5) is 23.6. The molecule has 38 heavy (non-hydrogen) atoms. The average molecular weight is 556 g/mol. The number of hydrogen-bond acceptors (Lipinski definition) is 6. The summed E-state index contributed by atoms with van der Waals surface area (Å²) in [5, 5.41) is 3.28. The minimum Gasteiger partial charge on any atom is -0.489 e. The van der Waals surface area contributed by atoms with Gasteiger partial charge in [-0.3, -0.25) is 9.69 Å². The summed E-state index contributed by atoms with van der Waals surface area (Å²) in [5.74, 6) is -0.494. The Morgan fingerprint density at radius 2 is 2.03 bits per heavy atom. The summed E-state index contributed by atoms with van der Waals surface area (Å²) in [6.45, 7) is 4.73. The highest BCUT2D eigenvalue weighted by atomic mass is 35.5. The number of fused-ring (bicyclic) bond motifs is 2. The first kappa shape index (κ1) is 27.0. The normalized spacial score (nSPS) is 23.2. The number of anilines is 1. The van der Waals surface area contributed by atoms with Crippen molar-refractivity contribution < 1.29 is 27.1 Å². The summed E-state index contributed by atoms with van der Waals surface area (Å²) in [5.41, 5.74) is -0.246. The quantitative estimate of drug-likeness (QED) is 0.571. The second kappa shape index (κ2) is 9.84. The molecule has 206 valence electrons. The Hall–Kier alpha value is -2.63. The number of halogens is 5. The van der Waals surface area contributed by atoms with Crippen molar-refractivity contribution in [2.24, 2.45) is 0 Å². The van der Waals surface area contributed by atoms with Gasteiger partial charge in [-0.1, -0.05) is 23.7 Å². The molecule has 5 rings (SSSR count). The third kappa shape index (κ3) is 4.91. The fourth-order valence-electron chi connectivity index (χ4n) is 5.67. The molecule has 2 aromatic rings. The van der Waals surface area contributed by atoms with Gasteiger partial charge in [-0.2, -0.15) is 13.2 Å². The molecule has 2 fully saturated rings. The average Bonchev–Trinajstić information content (AvgIpc) is 3.08. The van der Waals surface area contributed by atoms with Gasteiger partial charge in [-0.15, -0.1) is 0 Å². The van der Waals surface area contributed by atoms with Crippen LogP contribution < -0.4 is 15.0 Å². The lowest BCUT2D eigenvalue weighted by Gasteiger charge is -2.36. The van der Waals surface area contributed by atoms with Crippen LogP contribution >= 0.6 is 11.6 Å². The van der Waals surface area contributed by atoms with Crippen LogP contribution in [0.2, 0.25) is 5.02 Å². The fraction of sp³-hybridized carbons (Fsp3) is 0.538. The number of likely N-dealkylation sites (N-methyl/N-ethyl adjacent to an activating group) is 1. The van der Waals surface area contributed by atoms with E-state index < -0.39 is 30.1 Å². The topological polar surface area (TPSA) is 60.9 Å². The van der Waals surface area contributed by atoms with Crippen molar-refractivity contribution in [2.75, 3.05) is 51.3 Å². The maximum atomic E-state index is 14.9. The van der Waals surface area contributed by atoms with E-state index in [1.807, 2.05) is 18.7 Å². The van der Waals surface area contributed by atoms with Crippen molar-refractivity contribution in [1.29, 1.82) is 0 Å². The Balaban J connectivity index is 1.66. The van der Waals surface area contributed by atoms with Gasteiger partial charge in [0.15, 0.2) is 5.75 Å². The van der Waals surface area contributed by atoms with Crippen LogP contribution in [-0.2, 0) is 0 Å². The predicted octanol–water partition coefficient (Wildman–Crippen LogP) is 4.20. The predicted molar refractivity (Wildman–Crippen MR) is 136 cm³/mol. The number of piperazine rings is 1. The summed E-state index contributed by atoms with van der Waals surface area (Å²) in [6, 6.07) is 5.35. The molecule has 2 unspecified atom stereocenters. The summed E-state index contributed by atoms with van der Waals surface area (Å²) >= 11 is 6.78. The molecule has 0 spiro atoms. The number of pyridine rings is 1. The Morgan fingerprint density at radius 3 is 2.74 bits per heavy atom. The Morgan fingerprint density at radius 1 is 1.29 bits per heavy atom. The van der Waals surface area contributed by atoms with Crippen LogP contribution in [0.5, 0.6) is 5.75 Å². The van der Waals surface area contributed by atoms with Crippen LogP contribution in [0, 0.1) is 5.82 Å². The van der Waals surface area contributed by atoms with E-state index in [4.69, 9.17) is 21.3 Å². The van der Waals surface area contributed by atoms with E-state index in [-0.39, 0.29) is 58.5 Å². The van der Waals surface area contributed by atoms with E-state index in [0.717, 1.165) is 0 Å². The molecule has 0 saturated carbocycles. The molecule has 1 N–H and O–H groups in total. The summed E-state index contributed by atoms with van der Waals surface area (Å²) in [7, 11) is 1.44. The Bertz CT molecular complexity index is 1240. The summed E-state index contributed by atoms with van der Waals surface area (Å²) in [6.07, 6.45) is -3.94. The van der Waals surface area contributed by atoms with Crippen LogP contribution in [0.15, 0.2) is 24.3 Å². The van der Waals surface area contributed by atoms with Gasteiger partial charge in [0.25, 0.3) is 5.91 Å². The number of aromatic nitrogens is 1. The first-order chi connectivity index (χ1) is 17.9. The molecule has 4 heterocycles. The molecule has 1 aromatic heterocycles. The maximum absolute atomic E-state index is 14.9. The number of hydrogen-bond donors (Lipinski definition) is 1. The van der Waals surface area contributed by atoms with E-state index >= 15 is 0 Å². The third-order valence-electron chi connectivity index (χ3n) is 7.62. The lowest BCUT2D eigenvalue weighted by atomic mass is 9.98. The number of benzene rings is 1. The van der Waals surface area contributed by atoms with E-state index in [0.29, 0.717) is 26.1 Å². The number of ether oxygens (including phenoxy) is 1. The van der Waals surface area contributed by atoms with Gasteiger partial charge in [-0.25, -0.2) is 9.37 Å². The molecule has 0 radical (unpaired) electrons. The molecule has 2 atom stereocenters. The second-order valence-electron chi connectivity index (χ2n) is 10.8. The maximum Gasteiger partial charge on any atom is 0.401 e. The third-order valence-corrected chi connectivity index (χ3v) is 7.97. The smallest absolute Gasteiger partial charge is 0.401 e. The second-order valence-corrected chi connectivity index (χ2v) is 11.1. The standard InChI is InChI=1S/C26H30ClF4N5O2/c1-25(2)10-15(34(3)14-26(29,30)31)12-36(25)23-19-22(38-13-16-11-32-8-9-35(16)24(19)37)20(27)21(33-23)17-6-4-5-7-18(17)28/h4-7,15-16,32H,8-14H2,1-3H3. The van der Waals surface area contributed by atoms with Gasteiger partial charge < -0.3 is 19.9 Å². The lowest BCUT2D eigenvalue weighted by molar-refractivity contribution is -0.146. The zero-order valence-corrected chi connectivity index (χ0v) is 22.2. The highest BCUT2D eigenvalue weighted by Crippen LogP contribution is 2.47. The zero-order valence-electron chi connectivity index (χ0n) is 21.4. The van der Waals surface area contributed by atoms with Crippen LogP contribution in [0.3, 0.4) is 0 Å². The van der Waals surface area contributed by atoms with E-state index in [1.165, 1.54) is 18.0 Å². The number of carbonyl (C=O) groups excluding carboxylic acids is 1. The molecular weight excluding hydrogens is 526 g/mol. The highest BCUT2D eigenvalue weighted by molar-refractivity contribution is 6.35. The van der Waals surface area contributed by atoms with Crippen molar-refractivity contribution in [3.8, 4) is 17.0 Å². The van der Waals surface area contributed by atoms with Crippen molar-refractivity contribution in [3.63, 3.8) is 0 Å².